The Morgan fingerprint density at radius 3 is 2.74 bits per heavy atom. The molecule has 0 saturated carbocycles. The number of carbonyl (C=O) groups excluding carboxylic acids is 3. The lowest BCUT2D eigenvalue weighted by molar-refractivity contribution is -0.127. The Morgan fingerprint density at radius 2 is 2.04 bits per heavy atom. The molecule has 0 aliphatic carbocycles. The number of nitrogens with one attached hydrogen (secondary N) is 1. The maximum atomic E-state index is 12.4. The number of carbonyl (C=O) groups is 3. The molecule has 0 spiro atoms. The predicted octanol–water partition coefficient (Wildman–Crippen LogP) is 4.13. The Labute approximate surface area is 160 Å². The standard InChI is InChI=1S/C20H18N2O4S/c1-13-8-9-15(11-14(13)2)21-18(23)12-22-19(24)17(27-20(22)25)7-3-5-16-6-4-10-26-16/h3-11H,12H2,1-2H3,(H,21,23)/b5-3+,17-7+. The van der Waals surface area contributed by atoms with Gasteiger partial charge in [-0.25, -0.2) is 0 Å². The number of amides is 3. The van der Waals surface area contributed by atoms with Crippen LogP contribution >= 0.6 is 11.8 Å². The van der Waals surface area contributed by atoms with Crippen LogP contribution in [0.2, 0.25) is 0 Å². The molecule has 0 unspecified atom stereocenters. The Kier molecular flexibility index (Phi) is 5.61. The molecular formula is C20H18N2O4S. The van der Waals surface area contributed by atoms with Crippen molar-refractivity contribution in [3.05, 3.63) is 70.5 Å². The number of anilines is 1. The van der Waals surface area contributed by atoms with Crippen LogP contribution in [0.25, 0.3) is 6.08 Å². The molecule has 1 aliphatic heterocycles. The quantitative estimate of drug-likeness (QED) is 0.787. The number of rotatable bonds is 5. The summed E-state index contributed by atoms with van der Waals surface area (Å²) in [5.41, 5.74) is 2.80. The number of hydrogen-bond acceptors (Lipinski definition) is 5. The lowest BCUT2D eigenvalue weighted by Gasteiger charge is -2.13. The number of thioether (sulfide) groups is 1. The minimum atomic E-state index is -0.482. The Morgan fingerprint density at radius 1 is 1.22 bits per heavy atom. The van der Waals surface area contributed by atoms with E-state index in [4.69, 9.17) is 4.42 Å². The van der Waals surface area contributed by atoms with E-state index in [0.717, 1.165) is 27.8 Å². The molecule has 1 fully saturated rings. The molecule has 7 heteroatoms. The fraction of sp³-hybridized carbons (Fsp3) is 0.150. The van der Waals surface area contributed by atoms with Crippen LogP contribution in [-0.4, -0.2) is 28.5 Å². The second kappa shape index (κ2) is 8.09. The van der Waals surface area contributed by atoms with Gasteiger partial charge >= 0.3 is 0 Å². The predicted molar refractivity (Wildman–Crippen MR) is 105 cm³/mol. The lowest BCUT2D eigenvalue weighted by atomic mass is 10.1. The highest BCUT2D eigenvalue weighted by Gasteiger charge is 2.35. The molecule has 1 aromatic heterocycles. The van der Waals surface area contributed by atoms with Gasteiger partial charge in [-0.1, -0.05) is 12.1 Å². The van der Waals surface area contributed by atoms with Gasteiger partial charge in [0.25, 0.3) is 11.1 Å². The maximum absolute atomic E-state index is 12.4. The molecule has 0 radical (unpaired) electrons. The molecule has 138 valence electrons. The molecule has 0 bridgehead atoms. The van der Waals surface area contributed by atoms with E-state index < -0.39 is 17.1 Å². The summed E-state index contributed by atoms with van der Waals surface area (Å²) in [6.07, 6.45) is 6.39. The van der Waals surface area contributed by atoms with Gasteiger partial charge in [0.15, 0.2) is 0 Å². The normalized spacial score (nSPS) is 15.9. The lowest BCUT2D eigenvalue weighted by Crippen LogP contribution is -2.36. The average molecular weight is 382 g/mol. The van der Waals surface area contributed by atoms with Crippen molar-refractivity contribution in [1.82, 2.24) is 4.90 Å². The van der Waals surface area contributed by atoms with Crippen molar-refractivity contribution in [3.8, 4) is 0 Å². The number of aryl methyl sites for hydroxylation is 2. The van der Waals surface area contributed by atoms with Gasteiger partial charge in [0, 0.05) is 5.69 Å². The third-order valence-corrected chi connectivity index (χ3v) is 4.94. The molecule has 3 rings (SSSR count). The SMILES string of the molecule is Cc1ccc(NC(=O)CN2C(=O)S/C(=C/C=C/c3ccco3)C2=O)cc1C. The molecule has 2 aromatic rings. The summed E-state index contributed by atoms with van der Waals surface area (Å²) >= 11 is 0.808. The zero-order chi connectivity index (χ0) is 19.4. The van der Waals surface area contributed by atoms with Gasteiger partial charge in [-0.05, 0) is 73.2 Å². The van der Waals surface area contributed by atoms with E-state index in [9.17, 15) is 14.4 Å². The summed E-state index contributed by atoms with van der Waals surface area (Å²) in [5, 5.41) is 2.25. The molecule has 0 atom stereocenters. The first-order chi connectivity index (χ1) is 12.9. The number of allylic oxidation sites excluding steroid dienone is 2. The fourth-order valence-electron chi connectivity index (χ4n) is 2.43. The van der Waals surface area contributed by atoms with Gasteiger partial charge in [-0.2, -0.15) is 0 Å². The summed E-state index contributed by atoms with van der Waals surface area (Å²) in [6.45, 7) is 3.60. The highest BCUT2D eigenvalue weighted by Crippen LogP contribution is 2.30. The Bertz CT molecular complexity index is 945. The highest BCUT2D eigenvalue weighted by molar-refractivity contribution is 8.18. The van der Waals surface area contributed by atoms with Gasteiger partial charge < -0.3 is 9.73 Å². The number of furan rings is 1. The molecule has 1 aliphatic rings. The van der Waals surface area contributed by atoms with Crippen molar-refractivity contribution in [3.63, 3.8) is 0 Å². The van der Waals surface area contributed by atoms with Crippen molar-refractivity contribution in [2.24, 2.45) is 0 Å². The van der Waals surface area contributed by atoms with Crippen molar-refractivity contribution in [2.75, 3.05) is 11.9 Å². The molecule has 1 saturated heterocycles. The van der Waals surface area contributed by atoms with Crippen LogP contribution in [0.1, 0.15) is 16.9 Å². The molecule has 6 nitrogen and oxygen atoms in total. The summed E-state index contributed by atoms with van der Waals surface area (Å²) in [4.78, 5) is 37.9. The first-order valence-corrected chi connectivity index (χ1v) is 9.08. The minimum Gasteiger partial charge on any atom is -0.465 e. The topological polar surface area (TPSA) is 79.6 Å². The summed E-state index contributed by atoms with van der Waals surface area (Å²) < 4.78 is 5.15. The van der Waals surface area contributed by atoms with Crippen LogP contribution < -0.4 is 5.32 Å². The van der Waals surface area contributed by atoms with Crippen LogP contribution in [-0.2, 0) is 9.59 Å². The zero-order valence-corrected chi connectivity index (χ0v) is 15.7. The molecule has 3 amide bonds. The molecule has 1 aromatic carbocycles. The monoisotopic (exact) mass is 382 g/mol. The molecule has 1 N–H and O–H groups in total. The van der Waals surface area contributed by atoms with Crippen molar-refractivity contribution in [1.29, 1.82) is 0 Å². The summed E-state index contributed by atoms with van der Waals surface area (Å²) in [6, 6.07) is 9.06. The van der Waals surface area contributed by atoms with Gasteiger partial charge in [-0.15, -0.1) is 0 Å². The van der Waals surface area contributed by atoms with E-state index in [2.05, 4.69) is 5.32 Å². The van der Waals surface area contributed by atoms with Gasteiger partial charge in [0.2, 0.25) is 5.91 Å². The second-order valence-corrected chi connectivity index (χ2v) is 7.01. The third kappa shape index (κ3) is 4.57. The fourth-order valence-corrected chi connectivity index (χ4v) is 3.22. The van der Waals surface area contributed by atoms with Crippen molar-refractivity contribution < 1.29 is 18.8 Å². The van der Waals surface area contributed by atoms with E-state index in [1.54, 1.807) is 36.6 Å². The number of imide groups is 1. The highest BCUT2D eigenvalue weighted by atomic mass is 32.2. The van der Waals surface area contributed by atoms with Crippen molar-refractivity contribution in [2.45, 2.75) is 13.8 Å². The summed E-state index contributed by atoms with van der Waals surface area (Å²) in [7, 11) is 0. The van der Waals surface area contributed by atoms with Crippen LogP contribution in [0.5, 0.6) is 0 Å². The summed E-state index contributed by atoms with van der Waals surface area (Å²) in [5.74, 6) is -0.268. The molecular weight excluding hydrogens is 364 g/mol. The van der Waals surface area contributed by atoms with Crippen molar-refractivity contribution >= 4 is 40.6 Å². The van der Waals surface area contributed by atoms with E-state index >= 15 is 0 Å². The average Bonchev–Trinajstić information content (AvgIpc) is 3.22. The van der Waals surface area contributed by atoms with Crippen LogP contribution in [0.15, 0.2) is 58.1 Å². The van der Waals surface area contributed by atoms with E-state index in [-0.39, 0.29) is 11.4 Å². The number of nitrogens with zero attached hydrogens (tertiary/aromatic N) is 1. The minimum absolute atomic E-state index is 0.266. The number of hydrogen-bond donors (Lipinski definition) is 1. The number of benzene rings is 1. The van der Waals surface area contributed by atoms with Crippen LogP contribution in [0.4, 0.5) is 10.5 Å². The van der Waals surface area contributed by atoms with E-state index in [0.29, 0.717) is 11.4 Å². The third-order valence-electron chi connectivity index (χ3n) is 4.02. The molecule has 2 heterocycles. The van der Waals surface area contributed by atoms with E-state index in [1.165, 1.54) is 6.08 Å². The smallest absolute Gasteiger partial charge is 0.294 e. The van der Waals surface area contributed by atoms with Crippen LogP contribution in [0.3, 0.4) is 0 Å². The Hall–Kier alpha value is -3.06. The van der Waals surface area contributed by atoms with Gasteiger partial charge in [0.05, 0.1) is 11.2 Å². The second-order valence-electron chi connectivity index (χ2n) is 6.01. The molecule has 27 heavy (non-hydrogen) atoms. The zero-order valence-electron chi connectivity index (χ0n) is 14.9. The van der Waals surface area contributed by atoms with E-state index in [1.807, 2.05) is 26.0 Å². The first kappa shape index (κ1) is 18.7. The maximum Gasteiger partial charge on any atom is 0.294 e. The first-order valence-electron chi connectivity index (χ1n) is 8.26. The van der Waals surface area contributed by atoms with Crippen LogP contribution in [0, 0.1) is 13.8 Å². The van der Waals surface area contributed by atoms with Gasteiger partial charge in [0.1, 0.15) is 12.3 Å². The largest absolute Gasteiger partial charge is 0.465 e. The Balaban J connectivity index is 1.62. The van der Waals surface area contributed by atoms with Gasteiger partial charge in [-0.3, -0.25) is 19.3 Å².